The molecular weight excluding hydrogens is 1040 g/mol. The van der Waals surface area contributed by atoms with Gasteiger partial charge in [0.15, 0.2) is 30.6 Å². The van der Waals surface area contributed by atoms with Gasteiger partial charge in [0.1, 0.15) is 36.6 Å². The molecule has 0 aromatic carbocycles. The molecule has 0 spiro atoms. The lowest BCUT2D eigenvalue weighted by Gasteiger charge is -2.70. The molecule has 79 heavy (non-hydrogen) atoms. The number of rotatable bonds is 10. The van der Waals surface area contributed by atoms with Crippen molar-refractivity contribution in [3.63, 3.8) is 0 Å². The average molecular weight is 1110 g/mol. The van der Waals surface area contributed by atoms with E-state index in [1.807, 2.05) is 19.9 Å². The molecule has 5 aliphatic heterocycles. The van der Waals surface area contributed by atoms with Crippen molar-refractivity contribution in [3.05, 3.63) is 11.6 Å². The highest BCUT2D eigenvalue weighted by molar-refractivity contribution is 6.03. The molecule has 25 heteroatoms. The fourth-order valence-corrected chi connectivity index (χ4v) is 15.8. The molecule has 0 radical (unpaired) electrons. The quantitative estimate of drug-likeness (QED) is 0.149. The normalized spacial score (nSPS) is 44.9. The van der Waals surface area contributed by atoms with E-state index in [0.29, 0.717) is 43.6 Å². The second-order valence-corrected chi connectivity index (χ2v) is 25.6. The predicted octanol–water partition coefficient (Wildman–Crippen LogP) is 0.813. The smallest absolute Gasteiger partial charge is 0.364 e. The number of hydrogen-bond donors (Lipinski definition) is 5. The standard InChI is InChI=1S/C54H71N3O22/c1-49(2)27-14-17-54(7)43(26(58)22-24-25-23-51(4,19-18-50(25,3)20-21-53(24,54)6)48(72)79-57-33(63)12-13-34(57)64)52(27,5)16-15-28(49)73-47-42(38(68)37(67)41(75-47)45(71)78-56-31(61)10-11-32(56)62)76-46-39(69)35(65)36(66)40(74-46)44(70)77-55-29(59)8-9-30(55)60/h22,25,27-28,35-43,46-47,65-69H,8-21,23H2,1-7H3/t25?,27?,28?,35-,36-,37-,38-,39+,40-,41-,42+,43?,46-,47+,50+,51-,52-,53+,54+/m0/s1. The van der Waals surface area contributed by atoms with E-state index in [9.17, 15) is 68.7 Å². The van der Waals surface area contributed by atoms with Crippen LogP contribution in [0.3, 0.4) is 0 Å². The summed E-state index contributed by atoms with van der Waals surface area (Å²) in [4.78, 5) is 146. The first kappa shape index (κ1) is 57.1. The number of carbonyl (C=O) groups excluding carboxylic acids is 10. The third-order valence-electron chi connectivity index (χ3n) is 20.7. The van der Waals surface area contributed by atoms with Crippen LogP contribution in [0.4, 0.5) is 0 Å². The second kappa shape index (κ2) is 19.8. The van der Waals surface area contributed by atoms with Crippen LogP contribution >= 0.6 is 0 Å². The van der Waals surface area contributed by atoms with Crippen molar-refractivity contribution in [1.82, 2.24) is 15.2 Å². The van der Waals surface area contributed by atoms with Crippen LogP contribution in [0, 0.1) is 50.2 Å². The van der Waals surface area contributed by atoms with E-state index in [1.54, 1.807) is 6.92 Å². The van der Waals surface area contributed by atoms with Crippen molar-refractivity contribution in [2.24, 2.45) is 50.2 Å². The van der Waals surface area contributed by atoms with Crippen LogP contribution in [0.1, 0.15) is 145 Å². The number of hydroxylamine groups is 6. The molecule has 19 atom stereocenters. The lowest BCUT2D eigenvalue weighted by molar-refractivity contribution is -0.373. The first-order valence-corrected chi connectivity index (χ1v) is 27.4. The van der Waals surface area contributed by atoms with Crippen LogP contribution in [-0.4, -0.2) is 167 Å². The van der Waals surface area contributed by atoms with Crippen LogP contribution in [0.25, 0.3) is 0 Å². The molecule has 0 aromatic heterocycles. The number of aliphatic hydroxyl groups is 5. The fourth-order valence-electron chi connectivity index (χ4n) is 15.8. The van der Waals surface area contributed by atoms with Gasteiger partial charge >= 0.3 is 17.9 Å². The van der Waals surface area contributed by atoms with E-state index >= 15 is 4.79 Å². The Bertz CT molecular complexity index is 2630. The van der Waals surface area contributed by atoms with Gasteiger partial charge in [-0.1, -0.05) is 47.1 Å². The lowest BCUT2D eigenvalue weighted by Crippen LogP contribution is -2.68. The van der Waals surface area contributed by atoms with Gasteiger partial charge in [0, 0.05) is 44.4 Å². The summed E-state index contributed by atoms with van der Waals surface area (Å²) in [7, 11) is 0. The van der Waals surface area contributed by atoms with Gasteiger partial charge in [-0.15, -0.1) is 15.2 Å². The molecule has 0 aromatic rings. The summed E-state index contributed by atoms with van der Waals surface area (Å²) >= 11 is 0. The molecule has 25 nitrogen and oxygen atoms in total. The molecular formula is C54H71N3O22. The van der Waals surface area contributed by atoms with Crippen molar-refractivity contribution in [1.29, 1.82) is 0 Å². The van der Waals surface area contributed by atoms with Crippen molar-refractivity contribution in [2.45, 2.75) is 212 Å². The molecule has 4 saturated carbocycles. The van der Waals surface area contributed by atoms with Gasteiger partial charge in [0.25, 0.3) is 35.4 Å². The molecule has 5 N–H and O–H groups in total. The molecule has 434 valence electrons. The second-order valence-electron chi connectivity index (χ2n) is 25.6. The van der Waals surface area contributed by atoms with E-state index in [-0.39, 0.29) is 78.1 Å². The van der Waals surface area contributed by atoms with Crippen LogP contribution in [0.15, 0.2) is 11.6 Å². The third kappa shape index (κ3) is 8.98. The van der Waals surface area contributed by atoms with E-state index < -0.39 is 154 Å². The van der Waals surface area contributed by atoms with Gasteiger partial charge < -0.3 is 59.0 Å². The summed E-state index contributed by atoms with van der Waals surface area (Å²) in [5.74, 6) is -9.22. The summed E-state index contributed by atoms with van der Waals surface area (Å²) in [5.41, 5.74) is -2.90. The van der Waals surface area contributed by atoms with Crippen LogP contribution < -0.4 is 0 Å². The van der Waals surface area contributed by atoms with E-state index in [2.05, 4.69) is 27.7 Å². The van der Waals surface area contributed by atoms with Gasteiger partial charge in [-0.2, -0.15) is 0 Å². The Morgan fingerprint density at radius 1 is 0.557 bits per heavy atom. The highest BCUT2D eigenvalue weighted by atomic mass is 16.8. The van der Waals surface area contributed by atoms with E-state index in [1.165, 1.54) is 0 Å². The average Bonchev–Trinajstić information content (AvgIpc) is 3.95. The maximum atomic E-state index is 15.3. The van der Waals surface area contributed by atoms with Crippen LogP contribution in [-0.2, 0) is 81.4 Å². The maximum Gasteiger partial charge on any atom is 0.364 e. The van der Waals surface area contributed by atoms with E-state index in [0.717, 1.165) is 18.4 Å². The first-order chi connectivity index (χ1) is 36.9. The molecule has 0 bridgehead atoms. The Morgan fingerprint density at radius 2 is 1.05 bits per heavy atom. The van der Waals surface area contributed by atoms with Crippen molar-refractivity contribution < 1.29 is 107 Å². The number of hydrogen-bond acceptors (Lipinski definition) is 22. The van der Waals surface area contributed by atoms with Crippen LogP contribution in [0.2, 0.25) is 0 Å². The van der Waals surface area contributed by atoms with Gasteiger partial charge in [-0.3, -0.25) is 33.6 Å². The Hall–Kier alpha value is -5.12. The molecule has 5 aliphatic carbocycles. The number of amides is 6. The Kier molecular flexibility index (Phi) is 14.3. The molecule has 5 saturated heterocycles. The topological polar surface area (TPSA) is 346 Å². The number of ether oxygens (including phenoxy) is 4. The number of carbonyl (C=O) groups is 10. The minimum atomic E-state index is -2.26. The largest absolute Gasteiger partial charge is 0.387 e. The number of aliphatic hydroxyl groups excluding tert-OH is 5. The molecule has 4 unspecified atom stereocenters. The molecule has 5 heterocycles. The molecule has 9 fully saturated rings. The fraction of sp³-hybridized carbons (Fsp3) is 0.778. The highest BCUT2D eigenvalue weighted by Crippen LogP contribution is 2.75. The Balaban J connectivity index is 0.917. The van der Waals surface area contributed by atoms with Gasteiger partial charge in [-0.25, -0.2) is 14.4 Å². The number of nitrogens with zero attached hydrogens (tertiary/aromatic N) is 3. The van der Waals surface area contributed by atoms with E-state index in [4.69, 9.17) is 33.5 Å². The molecule has 6 amide bonds. The minimum absolute atomic E-state index is 0.0318. The summed E-state index contributed by atoms with van der Waals surface area (Å²) in [5, 5.41) is 57.3. The zero-order chi connectivity index (χ0) is 57.4. The maximum absolute atomic E-state index is 15.3. The summed E-state index contributed by atoms with van der Waals surface area (Å²) in [6.07, 6.45) is -16.8. The molecule has 10 rings (SSSR count). The van der Waals surface area contributed by atoms with Crippen molar-refractivity contribution in [2.75, 3.05) is 0 Å². The third-order valence-corrected chi connectivity index (χ3v) is 20.7. The first-order valence-electron chi connectivity index (χ1n) is 27.4. The Labute approximate surface area is 454 Å². The van der Waals surface area contributed by atoms with Gasteiger partial charge in [0.05, 0.1) is 11.5 Å². The zero-order valence-corrected chi connectivity index (χ0v) is 45.3. The number of allylic oxidation sites excluding steroid dienone is 2. The summed E-state index contributed by atoms with van der Waals surface area (Å²) in [6.45, 7) is 14.5. The SMILES string of the molecule is CC1(C)C(O[C@@H]2O[C@H](C(=O)ON3C(=O)CCC3=O)[C@@H](O)[C@H](O)[C@H]2O[C@@H]2O[C@H](C(=O)ON3C(=O)CCC3=O)[C@@H](O)[C@H](O)[C@H]2O)CC[C@@]2(C)C1CC[C@]1(C)C2C(=O)C=C2C3C[C@@](C)(C(=O)ON4C(=O)CCC4=O)CC[C@]3(C)CC[C@]21C. The molecule has 10 aliphatic rings. The van der Waals surface area contributed by atoms with Crippen LogP contribution in [0.5, 0.6) is 0 Å². The lowest BCUT2D eigenvalue weighted by atomic mass is 9.33. The monoisotopic (exact) mass is 1110 g/mol. The van der Waals surface area contributed by atoms with Crippen molar-refractivity contribution in [3.8, 4) is 0 Å². The highest BCUT2D eigenvalue weighted by Gasteiger charge is 2.71. The van der Waals surface area contributed by atoms with Gasteiger partial charge in [-0.05, 0) is 110 Å². The number of ketones is 1. The summed E-state index contributed by atoms with van der Waals surface area (Å²) < 4.78 is 24.5. The zero-order valence-electron chi connectivity index (χ0n) is 45.3. The predicted molar refractivity (Wildman–Crippen MR) is 258 cm³/mol. The summed E-state index contributed by atoms with van der Waals surface area (Å²) in [6, 6.07) is 0. The number of imide groups is 3. The Morgan fingerprint density at radius 3 is 1.59 bits per heavy atom. The van der Waals surface area contributed by atoms with Gasteiger partial charge in [0.2, 0.25) is 0 Å². The number of fused-ring (bicyclic) bond motifs is 7. The minimum Gasteiger partial charge on any atom is -0.387 e. The van der Waals surface area contributed by atoms with Crippen molar-refractivity contribution >= 4 is 59.1 Å².